The van der Waals surface area contributed by atoms with E-state index in [9.17, 15) is 13.9 Å². The third kappa shape index (κ3) is 5.46. The fourth-order valence-corrected chi connectivity index (χ4v) is 4.81. The summed E-state index contributed by atoms with van der Waals surface area (Å²) in [4.78, 5) is 0. The van der Waals surface area contributed by atoms with E-state index in [2.05, 4.69) is 6.92 Å². The Morgan fingerprint density at radius 2 is 1.53 bits per heavy atom. The number of hydrogen-bond donors (Lipinski definition) is 1. The summed E-state index contributed by atoms with van der Waals surface area (Å²) >= 11 is 0. The summed E-state index contributed by atoms with van der Waals surface area (Å²) < 4.78 is 42.7. The zero-order chi connectivity index (χ0) is 21.7. The number of aryl methyl sites for hydroxylation is 1. The molecule has 0 amide bonds. The molecular weight excluding hydrogens is 385 g/mol. The molecular formula is C26H33F3O. The van der Waals surface area contributed by atoms with E-state index in [0.29, 0.717) is 29.0 Å². The zero-order valence-electron chi connectivity index (χ0n) is 18.0. The average Bonchev–Trinajstić information content (AvgIpc) is 2.73. The van der Waals surface area contributed by atoms with Gasteiger partial charge in [0.25, 0.3) is 6.43 Å². The molecule has 1 nitrogen and oxygen atoms in total. The van der Waals surface area contributed by atoms with E-state index in [1.54, 1.807) is 43.3 Å². The summed E-state index contributed by atoms with van der Waals surface area (Å²) in [5.74, 6) is 0.634. The van der Waals surface area contributed by atoms with Crippen LogP contribution >= 0.6 is 0 Å². The van der Waals surface area contributed by atoms with Crippen molar-refractivity contribution in [2.45, 2.75) is 77.7 Å². The summed E-state index contributed by atoms with van der Waals surface area (Å²) in [5.41, 5.74) is 1.34. The number of benzene rings is 2. The van der Waals surface area contributed by atoms with Crippen LogP contribution in [0.2, 0.25) is 0 Å². The quantitative estimate of drug-likeness (QED) is 0.460. The molecule has 0 heterocycles. The van der Waals surface area contributed by atoms with Crippen LogP contribution in [-0.4, -0.2) is 5.11 Å². The lowest BCUT2D eigenvalue weighted by Gasteiger charge is -2.28. The first-order valence-corrected chi connectivity index (χ1v) is 11.3. The Kier molecular flexibility index (Phi) is 7.99. The van der Waals surface area contributed by atoms with Crippen LogP contribution in [0.3, 0.4) is 0 Å². The van der Waals surface area contributed by atoms with Crippen molar-refractivity contribution >= 4 is 0 Å². The Labute approximate surface area is 178 Å². The molecule has 0 radical (unpaired) electrons. The van der Waals surface area contributed by atoms with Crippen molar-refractivity contribution in [3.63, 3.8) is 0 Å². The van der Waals surface area contributed by atoms with E-state index in [1.807, 2.05) is 0 Å². The van der Waals surface area contributed by atoms with Crippen LogP contribution in [0.4, 0.5) is 13.2 Å². The van der Waals surface area contributed by atoms with Gasteiger partial charge in [0, 0.05) is 0 Å². The molecule has 1 fully saturated rings. The van der Waals surface area contributed by atoms with E-state index in [0.717, 1.165) is 12.3 Å². The lowest BCUT2D eigenvalue weighted by Crippen LogP contribution is -2.15. The molecule has 2 aromatic rings. The van der Waals surface area contributed by atoms with Crippen molar-refractivity contribution in [3.05, 3.63) is 58.9 Å². The SMILES string of the molecule is CCCC1CCC(CCc2ccc(-c3ccc(C(C)O)cc3)c(C(F)F)c2F)CC1. The van der Waals surface area contributed by atoms with Gasteiger partial charge in [-0.3, -0.25) is 0 Å². The van der Waals surface area contributed by atoms with Crippen molar-refractivity contribution in [2.24, 2.45) is 11.8 Å². The van der Waals surface area contributed by atoms with Gasteiger partial charge in [-0.05, 0) is 53.9 Å². The maximum absolute atomic E-state index is 15.1. The second kappa shape index (κ2) is 10.5. The molecule has 1 aliphatic carbocycles. The molecule has 0 spiro atoms. The first kappa shape index (κ1) is 22.9. The van der Waals surface area contributed by atoms with Crippen molar-refractivity contribution in [3.8, 4) is 11.1 Å². The van der Waals surface area contributed by atoms with Crippen molar-refractivity contribution in [1.82, 2.24) is 0 Å². The van der Waals surface area contributed by atoms with Crippen LogP contribution in [0.1, 0.15) is 88.0 Å². The normalized spacial score (nSPS) is 20.5. The minimum atomic E-state index is -2.87. The van der Waals surface area contributed by atoms with E-state index in [4.69, 9.17) is 0 Å². The second-order valence-corrected chi connectivity index (χ2v) is 8.81. The Morgan fingerprint density at radius 1 is 0.933 bits per heavy atom. The number of aliphatic hydroxyl groups excluding tert-OH is 1. The molecule has 164 valence electrons. The summed E-state index contributed by atoms with van der Waals surface area (Å²) in [7, 11) is 0. The zero-order valence-corrected chi connectivity index (χ0v) is 18.0. The highest BCUT2D eigenvalue weighted by atomic mass is 19.3. The highest BCUT2D eigenvalue weighted by Gasteiger charge is 2.24. The van der Waals surface area contributed by atoms with E-state index >= 15 is 4.39 Å². The predicted molar refractivity (Wildman–Crippen MR) is 116 cm³/mol. The van der Waals surface area contributed by atoms with E-state index < -0.39 is 23.9 Å². The van der Waals surface area contributed by atoms with Crippen molar-refractivity contribution in [1.29, 1.82) is 0 Å². The fourth-order valence-electron chi connectivity index (χ4n) is 4.81. The van der Waals surface area contributed by atoms with Crippen LogP contribution in [0.5, 0.6) is 0 Å². The van der Waals surface area contributed by atoms with Gasteiger partial charge in [0.05, 0.1) is 11.7 Å². The molecule has 3 rings (SSSR count). The van der Waals surface area contributed by atoms with Gasteiger partial charge in [-0.1, -0.05) is 81.8 Å². The lowest BCUT2D eigenvalue weighted by atomic mass is 9.78. The Morgan fingerprint density at radius 3 is 2.07 bits per heavy atom. The van der Waals surface area contributed by atoms with Gasteiger partial charge in [-0.15, -0.1) is 0 Å². The third-order valence-electron chi connectivity index (χ3n) is 6.67. The van der Waals surface area contributed by atoms with Gasteiger partial charge in [-0.2, -0.15) is 0 Å². The molecule has 1 N–H and O–H groups in total. The number of halogens is 3. The molecule has 0 saturated heterocycles. The third-order valence-corrected chi connectivity index (χ3v) is 6.67. The Balaban J connectivity index is 1.74. The predicted octanol–water partition coefficient (Wildman–Crippen LogP) is 8.02. The average molecular weight is 419 g/mol. The van der Waals surface area contributed by atoms with Gasteiger partial charge >= 0.3 is 0 Å². The number of aliphatic hydroxyl groups is 1. The minimum absolute atomic E-state index is 0.225. The van der Waals surface area contributed by atoms with E-state index in [1.165, 1.54) is 38.5 Å². The van der Waals surface area contributed by atoms with Gasteiger partial charge in [0.15, 0.2) is 0 Å². The molecule has 2 aromatic carbocycles. The highest BCUT2D eigenvalue weighted by molar-refractivity contribution is 5.69. The number of hydrogen-bond acceptors (Lipinski definition) is 1. The van der Waals surface area contributed by atoms with Gasteiger partial charge in [-0.25, -0.2) is 13.2 Å². The van der Waals surface area contributed by atoms with Crippen LogP contribution < -0.4 is 0 Å². The maximum atomic E-state index is 15.1. The van der Waals surface area contributed by atoms with Crippen LogP contribution in [-0.2, 0) is 6.42 Å². The lowest BCUT2D eigenvalue weighted by molar-refractivity contribution is 0.146. The van der Waals surface area contributed by atoms with Crippen LogP contribution in [0.15, 0.2) is 36.4 Å². The molecule has 0 aromatic heterocycles. The summed E-state index contributed by atoms with van der Waals surface area (Å²) in [6, 6.07) is 10.00. The van der Waals surface area contributed by atoms with Gasteiger partial charge in [0.2, 0.25) is 0 Å². The molecule has 0 bridgehead atoms. The first-order valence-electron chi connectivity index (χ1n) is 11.3. The molecule has 4 heteroatoms. The number of rotatable bonds is 8. The largest absolute Gasteiger partial charge is 0.389 e. The summed E-state index contributed by atoms with van der Waals surface area (Å²) in [6.45, 7) is 3.87. The summed E-state index contributed by atoms with van der Waals surface area (Å²) in [6.07, 6.45) is 5.20. The monoisotopic (exact) mass is 418 g/mol. The highest BCUT2D eigenvalue weighted by Crippen LogP contribution is 2.37. The van der Waals surface area contributed by atoms with Crippen LogP contribution in [0, 0.1) is 17.7 Å². The first-order chi connectivity index (χ1) is 14.4. The molecule has 0 aliphatic heterocycles. The van der Waals surface area contributed by atoms with Crippen molar-refractivity contribution in [2.75, 3.05) is 0 Å². The Bertz CT molecular complexity index is 806. The van der Waals surface area contributed by atoms with Crippen molar-refractivity contribution < 1.29 is 18.3 Å². The molecule has 1 aliphatic rings. The van der Waals surface area contributed by atoms with Gasteiger partial charge < -0.3 is 5.11 Å². The van der Waals surface area contributed by atoms with E-state index in [-0.39, 0.29) is 5.56 Å². The smallest absolute Gasteiger partial charge is 0.267 e. The number of alkyl halides is 2. The topological polar surface area (TPSA) is 20.2 Å². The standard InChI is InChI=1S/C26H33F3O/c1-3-4-18-5-7-19(8-6-18)9-10-22-15-16-23(24(25(22)27)26(28)29)21-13-11-20(12-14-21)17(2)30/h11-19,26,30H,3-10H2,1-2H3. The molecule has 1 atom stereocenters. The molecule has 1 unspecified atom stereocenters. The maximum Gasteiger partial charge on any atom is 0.267 e. The molecule has 1 saturated carbocycles. The van der Waals surface area contributed by atoms with Gasteiger partial charge in [0.1, 0.15) is 5.82 Å². The minimum Gasteiger partial charge on any atom is -0.389 e. The molecule has 30 heavy (non-hydrogen) atoms. The Hall–Kier alpha value is -1.81. The second-order valence-electron chi connectivity index (χ2n) is 8.81. The fraction of sp³-hybridized carbons (Fsp3) is 0.538. The van der Waals surface area contributed by atoms with Crippen LogP contribution in [0.25, 0.3) is 11.1 Å². The summed E-state index contributed by atoms with van der Waals surface area (Å²) in [5, 5.41) is 9.64.